The molecular formula is C23H26ClN3O5S. The highest BCUT2D eigenvalue weighted by Gasteiger charge is 2.41. The average molecular weight is 492 g/mol. The van der Waals surface area contributed by atoms with Crippen molar-refractivity contribution in [3.05, 3.63) is 64.7 Å². The van der Waals surface area contributed by atoms with E-state index in [1.54, 1.807) is 43.3 Å². The minimum absolute atomic E-state index is 0.0616. The van der Waals surface area contributed by atoms with Crippen molar-refractivity contribution in [2.24, 2.45) is 0 Å². The Kier molecular flexibility index (Phi) is 7.44. The minimum Gasteiger partial charge on any atom is -0.352 e. The molecule has 0 aromatic heterocycles. The van der Waals surface area contributed by atoms with E-state index >= 15 is 0 Å². The molecule has 0 aliphatic carbocycles. The zero-order valence-electron chi connectivity index (χ0n) is 18.6. The van der Waals surface area contributed by atoms with Gasteiger partial charge >= 0.3 is 0 Å². The molecule has 0 unspecified atom stereocenters. The Labute approximate surface area is 198 Å². The zero-order valence-corrected chi connectivity index (χ0v) is 20.2. The number of rotatable bonds is 8. The number of hydrogen-bond donors (Lipinski definition) is 1. The smallest absolute Gasteiger partial charge is 0.269 e. The second kappa shape index (κ2) is 9.93. The summed E-state index contributed by atoms with van der Waals surface area (Å²) in [6.07, 6.45) is -0.275. The van der Waals surface area contributed by atoms with Gasteiger partial charge in [-0.3, -0.25) is 14.4 Å². The molecule has 0 radical (unpaired) electrons. The molecule has 3 amide bonds. The third-order valence-corrected chi connectivity index (χ3v) is 7.55. The number of carbonyl (C=O) groups is 3. The highest BCUT2D eigenvalue weighted by atomic mass is 35.5. The number of sulfonamides is 1. The summed E-state index contributed by atoms with van der Waals surface area (Å²) in [5.74, 6) is -1.48. The highest BCUT2D eigenvalue weighted by Crippen LogP contribution is 2.30. The number of nitrogens with one attached hydrogen (secondary N) is 1. The lowest BCUT2D eigenvalue weighted by Gasteiger charge is -2.30. The molecule has 0 saturated heterocycles. The van der Waals surface area contributed by atoms with E-state index in [0.29, 0.717) is 14.9 Å². The lowest BCUT2D eigenvalue weighted by molar-refractivity contribution is -0.140. The van der Waals surface area contributed by atoms with Gasteiger partial charge in [0.25, 0.3) is 15.9 Å². The van der Waals surface area contributed by atoms with E-state index in [1.165, 1.54) is 17.0 Å². The topological polar surface area (TPSA) is 104 Å². The van der Waals surface area contributed by atoms with Crippen LogP contribution < -0.4 is 5.32 Å². The van der Waals surface area contributed by atoms with Crippen LogP contribution in [-0.2, 0) is 26.2 Å². The Bertz CT molecular complexity index is 1180. The van der Waals surface area contributed by atoms with Crippen LogP contribution in [0.5, 0.6) is 0 Å². The van der Waals surface area contributed by atoms with E-state index in [-0.39, 0.29) is 41.9 Å². The van der Waals surface area contributed by atoms with Gasteiger partial charge in [0.1, 0.15) is 10.9 Å². The van der Waals surface area contributed by atoms with Crippen molar-refractivity contribution in [3.8, 4) is 0 Å². The summed E-state index contributed by atoms with van der Waals surface area (Å²) in [6.45, 7) is 4.96. The van der Waals surface area contributed by atoms with Gasteiger partial charge in [0.15, 0.2) is 0 Å². The van der Waals surface area contributed by atoms with Crippen LogP contribution in [-0.4, -0.2) is 54.0 Å². The van der Waals surface area contributed by atoms with Crippen molar-refractivity contribution >= 4 is 39.3 Å². The predicted molar refractivity (Wildman–Crippen MR) is 124 cm³/mol. The molecule has 1 aliphatic rings. The fourth-order valence-electron chi connectivity index (χ4n) is 3.59. The number of nitrogens with zero attached hydrogens (tertiary/aromatic N) is 2. The van der Waals surface area contributed by atoms with Gasteiger partial charge < -0.3 is 10.2 Å². The van der Waals surface area contributed by atoms with Gasteiger partial charge in [-0.25, -0.2) is 12.7 Å². The molecule has 2 aromatic carbocycles. The number of fused-ring (bicyclic) bond motifs is 1. The van der Waals surface area contributed by atoms with E-state index in [4.69, 9.17) is 11.6 Å². The number of halogens is 1. The van der Waals surface area contributed by atoms with E-state index in [0.717, 1.165) is 0 Å². The largest absolute Gasteiger partial charge is 0.352 e. The quantitative estimate of drug-likeness (QED) is 0.611. The van der Waals surface area contributed by atoms with Crippen LogP contribution in [0.4, 0.5) is 0 Å². The molecule has 33 heavy (non-hydrogen) atoms. The molecule has 0 bridgehead atoms. The maximum absolute atomic E-state index is 13.2. The van der Waals surface area contributed by atoms with Crippen molar-refractivity contribution in [2.75, 3.05) is 6.54 Å². The average Bonchev–Trinajstić information content (AvgIpc) is 2.96. The molecule has 0 spiro atoms. The summed E-state index contributed by atoms with van der Waals surface area (Å²) >= 11 is 6.26. The molecular weight excluding hydrogens is 466 g/mol. The molecule has 2 aromatic rings. The Hall–Kier alpha value is -2.91. The van der Waals surface area contributed by atoms with Crippen LogP contribution in [0.25, 0.3) is 0 Å². The monoisotopic (exact) mass is 491 g/mol. The van der Waals surface area contributed by atoms with Crippen LogP contribution in [0.2, 0.25) is 5.02 Å². The van der Waals surface area contributed by atoms with Crippen LogP contribution in [0.1, 0.15) is 43.1 Å². The molecule has 1 heterocycles. The van der Waals surface area contributed by atoms with Crippen molar-refractivity contribution in [1.82, 2.24) is 14.5 Å². The summed E-state index contributed by atoms with van der Waals surface area (Å²) in [4.78, 5) is 39.8. The van der Waals surface area contributed by atoms with E-state index in [1.807, 2.05) is 13.8 Å². The van der Waals surface area contributed by atoms with Gasteiger partial charge in [-0.1, -0.05) is 41.9 Å². The fourth-order valence-corrected chi connectivity index (χ4v) is 5.36. The lowest BCUT2D eigenvalue weighted by atomic mass is 10.1. The first-order valence-corrected chi connectivity index (χ1v) is 12.3. The van der Waals surface area contributed by atoms with Crippen molar-refractivity contribution in [1.29, 1.82) is 0 Å². The van der Waals surface area contributed by atoms with Crippen molar-refractivity contribution < 1.29 is 22.8 Å². The molecule has 1 N–H and O–H groups in total. The fraction of sp³-hybridized carbons (Fsp3) is 0.348. The number of amides is 3. The van der Waals surface area contributed by atoms with Crippen LogP contribution >= 0.6 is 11.6 Å². The molecule has 0 fully saturated rings. The van der Waals surface area contributed by atoms with Gasteiger partial charge in [-0.2, -0.15) is 0 Å². The van der Waals surface area contributed by atoms with Gasteiger partial charge in [0.2, 0.25) is 11.8 Å². The predicted octanol–water partition coefficient (Wildman–Crippen LogP) is 2.82. The Morgan fingerprint density at radius 3 is 2.33 bits per heavy atom. The van der Waals surface area contributed by atoms with E-state index in [9.17, 15) is 22.8 Å². The van der Waals surface area contributed by atoms with Crippen LogP contribution in [0.15, 0.2) is 53.4 Å². The number of carbonyl (C=O) groups excluding carboxylic acids is 3. The first-order chi connectivity index (χ1) is 15.5. The summed E-state index contributed by atoms with van der Waals surface area (Å²) in [7, 11) is -4.02. The first-order valence-electron chi connectivity index (χ1n) is 10.5. The number of benzene rings is 2. The number of hydrogen-bond acceptors (Lipinski definition) is 5. The zero-order chi connectivity index (χ0) is 24.3. The lowest BCUT2D eigenvalue weighted by Crippen LogP contribution is -2.49. The van der Waals surface area contributed by atoms with Crippen LogP contribution in [0.3, 0.4) is 0 Å². The SMILES string of the molecule is CC(C)NC(=O)[C@H](C)N(Cc1ccccc1Cl)C(=O)CCN1C(=O)c2ccccc2S1(=O)=O. The molecule has 176 valence electrons. The normalized spacial score (nSPS) is 15.3. The summed E-state index contributed by atoms with van der Waals surface area (Å²) in [5.41, 5.74) is 0.733. The van der Waals surface area contributed by atoms with Gasteiger partial charge in [-0.05, 0) is 44.5 Å². The third-order valence-electron chi connectivity index (χ3n) is 5.34. The molecule has 1 atom stereocenters. The third kappa shape index (κ3) is 5.20. The molecule has 1 aliphatic heterocycles. The molecule has 3 rings (SSSR count). The van der Waals surface area contributed by atoms with Gasteiger partial charge in [-0.15, -0.1) is 0 Å². The summed E-state index contributed by atoms with van der Waals surface area (Å²) in [5, 5.41) is 3.23. The van der Waals surface area contributed by atoms with E-state index in [2.05, 4.69) is 5.32 Å². The molecule has 8 nitrogen and oxygen atoms in total. The Balaban J connectivity index is 1.81. The first kappa shape index (κ1) is 24.7. The van der Waals surface area contributed by atoms with Crippen molar-refractivity contribution in [2.45, 2.75) is 50.7 Å². The van der Waals surface area contributed by atoms with E-state index < -0.39 is 27.9 Å². The maximum Gasteiger partial charge on any atom is 0.269 e. The maximum atomic E-state index is 13.2. The van der Waals surface area contributed by atoms with Crippen molar-refractivity contribution in [3.63, 3.8) is 0 Å². The molecule has 0 saturated carbocycles. The Morgan fingerprint density at radius 1 is 1.06 bits per heavy atom. The van der Waals surface area contributed by atoms with Crippen LogP contribution in [0, 0.1) is 0 Å². The minimum atomic E-state index is -4.02. The second-order valence-electron chi connectivity index (χ2n) is 8.08. The Morgan fingerprint density at radius 2 is 1.70 bits per heavy atom. The highest BCUT2D eigenvalue weighted by molar-refractivity contribution is 7.90. The summed E-state index contributed by atoms with van der Waals surface area (Å²) < 4.78 is 26.3. The second-order valence-corrected chi connectivity index (χ2v) is 10.3. The summed E-state index contributed by atoms with van der Waals surface area (Å²) in [6, 6.07) is 11.9. The van der Waals surface area contributed by atoms with Gasteiger partial charge in [0, 0.05) is 30.6 Å². The van der Waals surface area contributed by atoms with Gasteiger partial charge in [0.05, 0.1) is 5.56 Å². The molecule has 10 heteroatoms. The standard InChI is InChI=1S/C23H26ClN3O5S/c1-15(2)25-22(29)16(3)26(14-17-8-4-6-10-19(17)24)21(28)12-13-27-23(30)18-9-5-7-11-20(18)33(27,31)32/h4-11,15-16H,12-14H2,1-3H3,(H,25,29)/t16-/m0/s1.